The van der Waals surface area contributed by atoms with Crippen LogP contribution in [0.3, 0.4) is 0 Å². The lowest BCUT2D eigenvalue weighted by molar-refractivity contribution is -0.147. The molecule has 0 aliphatic carbocycles. The number of hydrogen-bond acceptors (Lipinski definition) is 6. The van der Waals surface area contributed by atoms with Crippen LogP contribution in [0.25, 0.3) is 0 Å². The van der Waals surface area contributed by atoms with Crippen LogP contribution in [0.5, 0.6) is 5.75 Å². The lowest BCUT2D eigenvalue weighted by atomic mass is 10.1. The topological polar surface area (TPSA) is 95.7 Å². The summed E-state index contributed by atoms with van der Waals surface area (Å²) in [4.78, 5) is 11.5. The Bertz CT molecular complexity index is 565. The van der Waals surface area contributed by atoms with E-state index >= 15 is 0 Å². The summed E-state index contributed by atoms with van der Waals surface area (Å²) in [7, 11) is -2.07. The summed E-state index contributed by atoms with van der Waals surface area (Å²) in [5, 5.41) is 0. The smallest absolute Gasteiger partial charge is 0.329 e. The fraction of sp³-hybridized carbons (Fsp3) is 0.417. The van der Waals surface area contributed by atoms with E-state index in [1.807, 2.05) is 0 Å². The van der Waals surface area contributed by atoms with Crippen LogP contribution in [-0.4, -0.2) is 39.9 Å². The Labute approximate surface area is 112 Å². The van der Waals surface area contributed by atoms with E-state index in [1.165, 1.54) is 26.2 Å². The van der Waals surface area contributed by atoms with Crippen molar-refractivity contribution in [1.82, 2.24) is 0 Å². The molecule has 106 valence electrons. The quantitative estimate of drug-likeness (QED) is 0.786. The molecule has 0 saturated heterocycles. The first-order valence-electron chi connectivity index (χ1n) is 5.47. The molecule has 0 radical (unpaired) electrons. The number of carbonyl (C=O) groups excluding carboxylic acids is 1. The van der Waals surface area contributed by atoms with Gasteiger partial charge < -0.3 is 15.2 Å². The van der Waals surface area contributed by atoms with Crippen molar-refractivity contribution >= 4 is 15.8 Å². The largest absolute Gasteiger partial charge is 0.491 e. The van der Waals surface area contributed by atoms with Crippen LogP contribution in [-0.2, 0) is 19.4 Å². The van der Waals surface area contributed by atoms with Crippen LogP contribution >= 0.6 is 0 Å². The molecule has 0 fully saturated rings. The van der Waals surface area contributed by atoms with E-state index < -0.39 is 21.3 Å². The Hall–Kier alpha value is -1.60. The van der Waals surface area contributed by atoms with Gasteiger partial charge in [-0.15, -0.1) is 0 Å². The fourth-order valence-electron chi connectivity index (χ4n) is 1.32. The number of rotatable bonds is 5. The number of nitrogens with two attached hydrogens (primary N) is 1. The van der Waals surface area contributed by atoms with Crippen LogP contribution < -0.4 is 10.5 Å². The molecule has 2 N–H and O–H groups in total. The van der Waals surface area contributed by atoms with E-state index in [-0.39, 0.29) is 11.5 Å². The van der Waals surface area contributed by atoms with Crippen LogP contribution in [0.15, 0.2) is 29.2 Å². The number of hydrogen-bond donors (Lipinski definition) is 1. The summed E-state index contributed by atoms with van der Waals surface area (Å²) in [5.41, 5.74) is 4.43. The minimum Gasteiger partial charge on any atom is -0.491 e. The van der Waals surface area contributed by atoms with E-state index in [2.05, 4.69) is 4.74 Å². The lowest BCUT2D eigenvalue weighted by Gasteiger charge is -2.21. The van der Waals surface area contributed by atoms with Gasteiger partial charge in [-0.2, -0.15) is 0 Å². The third-order valence-electron chi connectivity index (χ3n) is 2.42. The van der Waals surface area contributed by atoms with E-state index in [1.54, 1.807) is 12.1 Å². The minimum atomic E-state index is -3.30. The monoisotopic (exact) mass is 287 g/mol. The number of esters is 1. The molecule has 0 saturated carbocycles. The second kappa shape index (κ2) is 5.58. The average Bonchev–Trinajstić information content (AvgIpc) is 2.35. The zero-order chi connectivity index (χ0) is 14.7. The van der Waals surface area contributed by atoms with Crippen LogP contribution in [0, 0.1) is 0 Å². The summed E-state index contributed by atoms with van der Waals surface area (Å²) in [6.45, 7) is 1.35. The van der Waals surface area contributed by atoms with E-state index in [0.29, 0.717) is 5.75 Å². The van der Waals surface area contributed by atoms with Gasteiger partial charge in [0.2, 0.25) is 0 Å². The van der Waals surface area contributed by atoms with Gasteiger partial charge in [0.1, 0.15) is 17.9 Å². The highest BCUT2D eigenvalue weighted by Crippen LogP contribution is 2.18. The van der Waals surface area contributed by atoms with Gasteiger partial charge in [-0.05, 0) is 25.1 Å². The molecule has 1 rings (SSSR count). The SMILES string of the molecule is COC(=O)C(C)(N)COc1cccc(S(C)(=O)=O)c1. The molecule has 0 aliphatic rings. The first kappa shape index (κ1) is 15.5. The molecular weight excluding hydrogens is 270 g/mol. The van der Waals surface area contributed by atoms with Crippen LogP contribution in [0.1, 0.15) is 6.92 Å². The summed E-state index contributed by atoms with van der Waals surface area (Å²) in [6, 6.07) is 5.98. The molecule has 1 atom stereocenters. The first-order valence-corrected chi connectivity index (χ1v) is 7.36. The third kappa shape index (κ3) is 4.22. The Kier molecular flexibility index (Phi) is 4.54. The van der Waals surface area contributed by atoms with Crippen molar-refractivity contribution in [2.45, 2.75) is 17.4 Å². The van der Waals surface area contributed by atoms with Crippen molar-refractivity contribution in [2.24, 2.45) is 5.73 Å². The van der Waals surface area contributed by atoms with Gasteiger partial charge in [-0.25, -0.2) is 13.2 Å². The number of methoxy groups -OCH3 is 1. The maximum atomic E-state index is 11.4. The van der Waals surface area contributed by atoms with Crippen molar-refractivity contribution in [2.75, 3.05) is 20.0 Å². The van der Waals surface area contributed by atoms with E-state index in [4.69, 9.17) is 10.5 Å². The summed E-state index contributed by atoms with van der Waals surface area (Å²) >= 11 is 0. The molecule has 0 spiro atoms. The molecule has 1 unspecified atom stereocenters. The standard InChI is InChI=1S/C12H17NO5S/c1-12(13,11(14)17-2)8-18-9-5-4-6-10(7-9)19(3,15)16/h4-7H,8,13H2,1-3H3. The van der Waals surface area contributed by atoms with Crippen molar-refractivity contribution in [3.63, 3.8) is 0 Å². The second-order valence-corrected chi connectivity index (χ2v) is 6.46. The molecular formula is C12H17NO5S. The second-order valence-electron chi connectivity index (χ2n) is 4.44. The average molecular weight is 287 g/mol. The highest BCUT2D eigenvalue weighted by Gasteiger charge is 2.30. The number of ether oxygens (including phenoxy) is 2. The molecule has 0 aliphatic heterocycles. The predicted molar refractivity (Wildman–Crippen MR) is 69.7 cm³/mol. The summed E-state index contributed by atoms with van der Waals surface area (Å²) < 4.78 is 32.7. The zero-order valence-corrected chi connectivity index (χ0v) is 11.9. The number of carbonyl (C=O) groups is 1. The van der Waals surface area contributed by atoms with Gasteiger partial charge in [0.15, 0.2) is 9.84 Å². The molecule has 7 heteroatoms. The summed E-state index contributed by atoms with van der Waals surface area (Å²) in [6.07, 6.45) is 1.10. The normalized spacial score (nSPS) is 14.5. The molecule has 1 aromatic carbocycles. The third-order valence-corrected chi connectivity index (χ3v) is 3.53. The van der Waals surface area contributed by atoms with E-state index in [9.17, 15) is 13.2 Å². The van der Waals surface area contributed by atoms with Crippen molar-refractivity contribution in [3.05, 3.63) is 24.3 Å². The molecule has 0 aromatic heterocycles. The first-order chi connectivity index (χ1) is 8.66. The fourth-order valence-corrected chi connectivity index (χ4v) is 1.98. The maximum absolute atomic E-state index is 11.4. The Morgan fingerprint density at radius 3 is 2.58 bits per heavy atom. The van der Waals surface area contributed by atoms with Gasteiger partial charge >= 0.3 is 5.97 Å². The molecule has 6 nitrogen and oxygen atoms in total. The molecule has 1 aromatic rings. The van der Waals surface area contributed by atoms with Gasteiger partial charge in [-0.3, -0.25) is 0 Å². The summed E-state index contributed by atoms with van der Waals surface area (Å²) in [5.74, 6) is -0.282. The van der Waals surface area contributed by atoms with E-state index in [0.717, 1.165) is 6.26 Å². The highest BCUT2D eigenvalue weighted by atomic mass is 32.2. The lowest BCUT2D eigenvalue weighted by Crippen LogP contribution is -2.50. The predicted octanol–water partition coefficient (Wildman–Crippen LogP) is 0.359. The van der Waals surface area contributed by atoms with Crippen LogP contribution in [0.4, 0.5) is 0 Å². The molecule has 0 bridgehead atoms. The Balaban J connectivity index is 2.82. The van der Waals surface area contributed by atoms with Gasteiger partial charge in [-0.1, -0.05) is 6.07 Å². The molecule has 19 heavy (non-hydrogen) atoms. The van der Waals surface area contributed by atoms with Gasteiger partial charge in [0.25, 0.3) is 0 Å². The minimum absolute atomic E-state index is 0.118. The zero-order valence-electron chi connectivity index (χ0n) is 11.0. The Morgan fingerprint density at radius 1 is 1.42 bits per heavy atom. The van der Waals surface area contributed by atoms with Gasteiger partial charge in [0.05, 0.1) is 12.0 Å². The van der Waals surface area contributed by atoms with Crippen LogP contribution in [0.2, 0.25) is 0 Å². The number of benzene rings is 1. The Morgan fingerprint density at radius 2 is 2.05 bits per heavy atom. The molecule has 0 amide bonds. The number of sulfone groups is 1. The molecule has 0 heterocycles. The van der Waals surface area contributed by atoms with Gasteiger partial charge in [0, 0.05) is 6.26 Å². The maximum Gasteiger partial charge on any atom is 0.329 e. The highest BCUT2D eigenvalue weighted by molar-refractivity contribution is 7.90. The van der Waals surface area contributed by atoms with Crippen molar-refractivity contribution in [3.8, 4) is 5.75 Å². The van der Waals surface area contributed by atoms with Crippen molar-refractivity contribution < 1.29 is 22.7 Å². The van der Waals surface area contributed by atoms with Crippen molar-refractivity contribution in [1.29, 1.82) is 0 Å².